The second kappa shape index (κ2) is 8.72. The number of fused-ring (bicyclic) bond motifs is 1. The molecule has 4 nitrogen and oxygen atoms in total. The Kier molecular flexibility index (Phi) is 6.01. The molecular weight excluding hydrogens is 465 g/mol. The normalized spacial score (nSPS) is 17.0. The van der Waals surface area contributed by atoms with Gasteiger partial charge in [0.1, 0.15) is 25.9 Å². The SMILES string of the molecule is CC(N[S@+]([O-])C(C)(C)C)c1ccc(-c2nc3ccc(C4(c5ccccc5)CC4)nc3s2)c(F)c1. The Bertz CT molecular complexity index is 1330. The molecule has 1 saturated carbocycles. The second-order valence-electron chi connectivity index (χ2n) is 9.95. The van der Waals surface area contributed by atoms with Gasteiger partial charge in [-0.3, -0.25) is 0 Å². The van der Waals surface area contributed by atoms with Crippen LogP contribution in [0.4, 0.5) is 4.39 Å². The summed E-state index contributed by atoms with van der Waals surface area (Å²) in [6.07, 6.45) is 2.17. The smallest absolute Gasteiger partial charge is 0.144 e. The summed E-state index contributed by atoms with van der Waals surface area (Å²) in [5.74, 6) is -0.338. The van der Waals surface area contributed by atoms with Gasteiger partial charge in [0, 0.05) is 22.3 Å². The van der Waals surface area contributed by atoms with E-state index < -0.39 is 11.4 Å². The lowest BCUT2D eigenvalue weighted by atomic mass is 9.92. The zero-order chi connectivity index (χ0) is 24.1. The van der Waals surface area contributed by atoms with E-state index in [1.54, 1.807) is 6.07 Å². The molecule has 7 heteroatoms. The first-order valence-electron chi connectivity index (χ1n) is 11.5. The molecule has 1 N–H and O–H groups in total. The van der Waals surface area contributed by atoms with Crippen molar-refractivity contribution >= 4 is 33.0 Å². The lowest BCUT2D eigenvalue weighted by molar-refractivity contribution is 0.530. The summed E-state index contributed by atoms with van der Waals surface area (Å²) in [5, 5.41) is 0.618. The first-order valence-corrected chi connectivity index (χ1v) is 13.5. The predicted molar refractivity (Wildman–Crippen MR) is 139 cm³/mol. The average Bonchev–Trinajstić information content (AvgIpc) is 3.51. The standard InChI is InChI=1S/C27H28FN3OS2/c1-17(31-34(32)26(2,3)4)18-10-11-20(21(28)16-18)24-29-22-12-13-23(30-25(22)33-24)27(14-15-27)19-8-6-5-7-9-19/h5-13,16-17,31H,14-15H2,1-4H3/t17?,34-/m1/s1. The molecule has 1 aliphatic carbocycles. The first-order chi connectivity index (χ1) is 16.2. The fraction of sp³-hybridized carbons (Fsp3) is 0.333. The van der Waals surface area contributed by atoms with Crippen molar-refractivity contribution in [2.75, 3.05) is 0 Å². The molecule has 34 heavy (non-hydrogen) atoms. The van der Waals surface area contributed by atoms with Crippen molar-refractivity contribution in [1.82, 2.24) is 14.7 Å². The molecule has 1 unspecified atom stereocenters. The Labute approximate surface area is 207 Å². The molecule has 1 aliphatic rings. The summed E-state index contributed by atoms with van der Waals surface area (Å²) in [6.45, 7) is 7.61. The van der Waals surface area contributed by atoms with Crippen molar-refractivity contribution in [2.24, 2.45) is 0 Å². The predicted octanol–water partition coefficient (Wildman–Crippen LogP) is 6.69. The fourth-order valence-electron chi connectivity index (χ4n) is 4.15. The number of nitrogens with zero attached hydrogens (tertiary/aromatic N) is 2. The third kappa shape index (κ3) is 4.38. The van der Waals surface area contributed by atoms with Gasteiger partial charge in [0.25, 0.3) is 0 Å². The van der Waals surface area contributed by atoms with Crippen LogP contribution in [0.5, 0.6) is 0 Å². The van der Waals surface area contributed by atoms with E-state index in [-0.39, 0.29) is 22.0 Å². The van der Waals surface area contributed by atoms with Crippen LogP contribution in [0, 0.1) is 5.82 Å². The minimum absolute atomic E-state index is 0.0111. The van der Waals surface area contributed by atoms with E-state index in [0.29, 0.717) is 10.6 Å². The minimum Gasteiger partial charge on any atom is -0.598 e. The van der Waals surface area contributed by atoms with Crippen molar-refractivity contribution in [3.8, 4) is 10.6 Å². The van der Waals surface area contributed by atoms with Crippen molar-refractivity contribution in [3.63, 3.8) is 0 Å². The van der Waals surface area contributed by atoms with E-state index in [1.807, 2.05) is 45.9 Å². The quantitative estimate of drug-likeness (QED) is 0.304. The van der Waals surface area contributed by atoms with Gasteiger partial charge in [-0.2, -0.15) is 0 Å². The number of thiazole rings is 1. The zero-order valence-corrected chi connectivity index (χ0v) is 21.4. The van der Waals surface area contributed by atoms with Crippen molar-refractivity contribution in [3.05, 3.63) is 83.3 Å². The van der Waals surface area contributed by atoms with Crippen LogP contribution in [0.25, 0.3) is 20.9 Å². The number of aromatic nitrogens is 2. The lowest BCUT2D eigenvalue weighted by Crippen LogP contribution is -2.40. The van der Waals surface area contributed by atoms with Gasteiger partial charge in [-0.15, -0.1) is 4.72 Å². The van der Waals surface area contributed by atoms with Crippen LogP contribution in [-0.4, -0.2) is 19.3 Å². The topological polar surface area (TPSA) is 60.9 Å². The van der Waals surface area contributed by atoms with Crippen LogP contribution in [0.1, 0.15) is 63.4 Å². The summed E-state index contributed by atoms with van der Waals surface area (Å²) >= 11 is 0.184. The molecule has 2 aromatic carbocycles. The Morgan fingerprint density at radius 1 is 1.06 bits per heavy atom. The van der Waals surface area contributed by atoms with E-state index >= 15 is 4.39 Å². The number of benzene rings is 2. The maximum Gasteiger partial charge on any atom is 0.144 e. The van der Waals surface area contributed by atoms with Gasteiger partial charge in [-0.1, -0.05) is 47.7 Å². The monoisotopic (exact) mass is 493 g/mol. The molecule has 0 aliphatic heterocycles. The average molecular weight is 494 g/mol. The van der Waals surface area contributed by atoms with Gasteiger partial charge in [0.2, 0.25) is 0 Å². The molecule has 2 atom stereocenters. The summed E-state index contributed by atoms with van der Waals surface area (Å²) in [6, 6.07) is 19.5. The van der Waals surface area contributed by atoms with Crippen LogP contribution in [0.15, 0.2) is 60.7 Å². The van der Waals surface area contributed by atoms with Gasteiger partial charge in [0.15, 0.2) is 0 Å². The Morgan fingerprint density at radius 2 is 1.79 bits per heavy atom. The molecule has 5 rings (SSSR count). The molecule has 0 amide bonds. The molecule has 2 aromatic heterocycles. The third-order valence-corrected chi connectivity index (χ3v) is 9.06. The maximum atomic E-state index is 15.1. The van der Waals surface area contributed by atoms with E-state index in [1.165, 1.54) is 23.0 Å². The van der Waals surface area contributed by atoms with Crippen LogP contribution in [-0.2, 0) is 16.8 Å². The molecule has 0 bridgehead atoms. The maximum absolute atomic E-state index is 15.1. The molecule has 4 aromatic rings. The highest BCUT2D eigenvalue weighted by Gasteiger charge is 2.47. The summed E-state index contributed by atoms with van der Waals surface area (Å²) < 4.78 is 30.2. The van der Waals surface area contributed by atoms with Gasteiger partial charge in [-0.05, 0) is 75.9 Å². The van der Waals surface area contributed by atoms with E-state index in [4.69, 9.17) is 4.98 Å². The zero-order valence-electron chi connectivity index (χ0n) is 19.8. The highest BCUT2D eigenvalue weighted by atomic mass is 32.2. The Morgan fingerprint density at radius 3 is 2.44 bits per heavy atom. The highest BCUT2D eigenvalue weighted by molar-refractivity contribution is 7.90. The third-order valence-electron chi connectivity index (χ3n) is 6.39. The van der Waals surface area contributed by atoms with Crippen LogP contribution < -0.4 is 4.72 Å². The second-order valence-corrected chi connectivity index (χ2v) is 12.9. The molecule has 0 saturated heterocycles. The van der Waals surface area contributed by atoms with Gasteiger partial charge < -0.3 is 4.55 Å². The van der Waals surface area contributed by atoms with Crippen LogP contribution in [0.3, 0.4) is 0 Å². The summed E-state index contributed by atoms with van der Waals surface area (Å²) in [7, 11) is 0. The molecule has 176 valence electrons. The van der Waals surface area contributed by atoms with E-state index in [9.17, 15) is 4.55 Å². The first kappa shape index (κ1) is 23.4. The molecule has 0 radical (unpaired) electrons. The number of pyridine rings is 1. The van der Waals surface area contributed by atoms with Crippen molar-refractivity contribution < 1.29 is 8.94 Å². The summed E-state index contributed by atoms with van der Waals surface area (Å²) in [5.41, 5.74) is 4.34. The molecule has 1 fully saturated rings. The van der Waals surface area contributed by atoms with Gasteiger partial charge in [0.05, 0.1) is 11.7 Å². The largest absolute Gasteiger partial charge is 0.598 e. The van der Waals surface area contributed by atoms with Crippen LogP contribution >= 0.6 is 11.3 Å². The number of nitrogens with one attached hydrogen (secondary N) is 1. The highest BCUT2D eigenvalue weighted by Crippen LogP contribution is 2.53. The Balaban J connectivity index is 1.42. The lowest BCUT2D eigenvalue weighted by Gasteiger charge is -2.26. The van der Waals surface area contributed by atoms with Gasteiger partial charge in [-0.25, -0.2) is 14.4 Å². The van der Waals surface area contributed by atoms with E-state index in [2.05, 4.69) is 40.0 Å². The van der Waals surface area contributed by atoms with Crippen molar-refractivity contribution in [2.45, 2.75) is 56.7 Å². The van der Waals surface area contributed by atoms with Gasteiger partial charge >= 0.3 is 0 Å². The molecule has 2 heterocycles. The molecule has 0 spiro atoms. The number of rotatable bonds is 6. The molecular formula is C27H28FN3OS2. The Hall–Kier alpha value is -2.32. The number of hydrogen-bond donors (Lipinski definition) is 1. The van der Waals surface area contributed by atoms with Crippen molar-refractivity contribution in [1.29, 1.82) is 0 Å². The minimum atomic E-state index is -1.24. The number of hydrogen-bond acceptors (Lipinski definition) is 5. The summed E-state index contributed by atoms with van der Waals surface area (Å²) in [4.78, 5) is 10.4. The fourth-order valence-corrected chi connectivity index (χ4v) is 5.93. The van der Waals surface area contributed by atoms with Crippen LogP contribution in [0.2, 0.25) is 0 Å². The number of halogens is 1. The van der Waals surface area contributed by atoms with E-state index in [0.717, 1.165) is 34.4 Å².